The lowest BCUT2D eigenvalue weighted by Gasteiger charge is -2.27. The number of rotatable bonds is 2. The Morgan fingerprint density at radius 3 is 1.94 bits per heavy atom. The van der Waals surface area contributed by atoms with Crippen molar-refractivity contribution in [2.24, 2.45) is 11.8 Å². The predicted octanol–water partition coefficient (Wildman–Crippen LogP) is 4.91. The first kappa shape index (κ1) is 21.6. The molecule has 1 aliphatic carbocycles. The number of nitrogens with zero attached hydrogens (tertiary/aromatic N) is 1. The summed E-state index contributed by atoms with van der Waals surface area (Å²) < 4.78 is 7.74. The van der Waals surface area contributed by atoms with Gasteiger partial charge in [0, 0.05) is 20.1 Å². The molecule has 2 aliphatic heterocycles. The zero-order valence-corrected chi connectivity index (χ0v) is 20.6. The second-order valence-corrected chi connectivity index (χ2v) is 10.3. The lowest BCUT2D eigenvalue weighted by molar-refractivity contribution is -0.127. The molecule has 6 rings (SSSR count). The zero-order chi connectivity index (χ0) is 23.8. The molecule has 2 amide bonds. The van der Waals surface area contributed by atoms with Crippen molar-refractivity contribution >= 4 is 60.9 Å². The molecule has 3 aromatic carbocycles. The second kappa shape index (κ2) is 7.53. The number of hydrogen-bond donors (Lipinski definition) is 0. The molecular weight excluding hydrogens is 566 g/mol. The van der Waals surface area contributed by atoms with Crippen molar-refractivity contribution in [3.63, 3.8) is 0 Å². The van der Waals surface area contributed by atoms with Gasteiger partial charge in [-0.1, -0.05) is 74.3 Å². The number of benzene rings is 3. The van der Waals surface area contributed by atoms with E-state index in [0.29, 0.717) is 15.7 Å². The van der Waals surface area contributed by atoms with Crippen molar-refractivity contribution in [3.05, 3.63) is 98.4 Å². The van der Waals surface area contributed by atoms with Crippen LogP contribution in [-0.2, 0) is 14.3 Å². The second-order valence-electron chi connectivity index (χ2n) is 8.49. The number of ketones is 2. The minimum Gasteiger partial charge on any atom is -0.349 e. The van der Waals surface area contributed by atoms with Crippen LogP contribution in [0.2, 0.25) is 0 Å². The maximum Gasteiger partial charge on any atom is 0.241 e. The quantitative estimate of drug-likeness (QED) is 0.318. The summed E-state index contributed by atoms with van der Waals surface area (Å²) >= 11 is 6.86. The number of imide groups is 1. The van der Waals surface area contributed by atoms with Gasteiger partial charge in [0.05, 0.1) is 23.6 Å². The highest BCUT2D eigenvalue weighted by atomic mass is 79.9. The number of anilines is 1. The molecule has 6 nitrogen and oxygen atoms in total. The molecule has 0 radical (unpaired) electrons. The van der Waals surface area contributed by atoms with Crippen molar-refractivity contribution in [2.75, 3.05) is 4.90 Å². The van der Waals surface area contributed by atoms with Crippen LogP contribution in [-0.4, -0.2) is 29.0 Å². The van der Waals surface area contributed by atoms with Crippen molar-refractivity contribution < 1.29 is 23.9 Å². The minimum atomic E-state index is -2.08. The van der Waals surface area contributed by atoms with Crippen molar-refractivity contribution in [1.82, 2.24) is 0 Å². The summed E-state index contributed by atoms with van der Waals surface area (Å²) in [6, 6.07) is 20.3. The highest BCUT2D eigenvalue weighted by molar-refractivity contribution is 9.10. The number of ether oxygens (including phenoxy) is 1. The molecule has 2 fully saturated rings. The fourth-order valence-electron chi connectivity index (χ4n) is 5.35. The van der Waals surface area contributed by atoms with Crippen molar-refractivity contribution in [3.8, 4) is 0 Å². The number of halogens is 2. The topological polar surface area (TPSA) is 80.8 Å². The van der Waals surface area contributed by atoms with Gasteiger partial charge in [-0.15, -0.1) is 0 Å². The SMILES string of the molecule is O=C1C2C(c3ccccc3Br)OC3(C(=O)c4ccccc4C3=O)C2C(=O)N1c1ccc(Br)cc1. The number of Topliss-reactive ketones (excluding diaryl/α,β-unsaturated/α-hetero) is 2. The Hall–Kier alpha value is -2.94. The molecule has 0 saturated carbocycles. The van der Waals surface area contributed by atoms with Crippen LogP contribution in [0.1, 0.15) is 32.4 Å². The van der Waals surface area contributed by atoms with E-state index >= 15 is 0 Å². The average molecular weight is 581 g/mol. The summed E-state index contributed by atoms with van der Waals surface area (Å²) in [6.07, 6.45) is -0.959. The van der Waals surface area contributed by atoms with Crippen LogP contribution < -0.4 is 4.90 Å². The van der Waals surface area contributed by atoms with Crippen molar-refractivity contribution in [1.29, 1.82) is 0 Å². The molecule has 0 N–H and O–H groups in total. The van der Waals surface area contributed by atoms with Crippen LogP contribution >= 0.6 is 31.9 Å². The molecule has 0 bridgehead atoms. The number of amides is 2. The summed E-state index contributed by atoms with van der Waals surface area (Å²) in [4.78, 5) is 56.2. The summed E-state index contributed by atoms with van der Waals surface area (Å²) in [6.45, 7) is 0. The summed E-state index contributed by atoms with van der Waals surface area (Å²) in [5, 5.41) is 0. The highest BCUT2D eigenvalue weighted by Gasteiger charge is 2.74. The molecule has 8 heteroatoms. The van der Waals surface area contributed by atoms with Gasteiger partial charge in [-0.3, -0.25) is 19.2 Å². The third kappa shape index (κ3) is 2.70. The van der Waals surface area contributed by atoms with Crippen LogP contribution in [0.15, 0.2) is 81.7 Å². The first-order valence-electron chi connectivity index (χ1n) is 10.6. The number of fused-ring (bicyclic) bond motifs is 3. The van der Waals surface area contributed by atoms with Gasteiger partial charge in [0.15, 0.2) is 0 Å². The minimum absolute atomic E-state index is 0.210. The standard InChI is InChI=1S/C26H15Br2NO5/c27-13-9-11-14(12-10-13)29-24(32)19-20(25(29)33)26(34-21(19)17-7-3-4-8-18(17)28)22(30)15-5-1-2-6-16(15)23(26)31/h1-12,19-21H. The third-order valence-electron chi connectivity index (χ3n) is 6.82. The lowest BCUT2D eigenvalue weighted by atomic mass is 9.77. The van der Waals surface area contributed by atoms with Crippen LogP contribution in [0.4, 0.5) is 5.69 Å². The lowest BCUT2D eigenvalue weighted by Crippen LogP contribution is -2.51. The Balaban J connectivity index is 1.56. The third-order valence-corrected chi connectivity index (χ3v) is 8.07. The van der Waals surface area contributed by atoms with Gasteiger partial charge in [-0.25, -0.2) is 4.90 Å². The van der Waals surface area contributed by atoms with Crippen LogP contribution in [0.3, 0.4) is 0 Å². The van der Waals surface area contributed by atoms with E-state index in [1.807, 2.05) is 6.07 Å². The molecule has 0 aromatic heterocycles. The van der Waals surface area contributed by atoms with Gasteiger partial charge in [0.2, 0.25) is 29.0 Å². The summed E-state index contributed by atoms with van der Waals surface area (Å²) in [5.41, 5.74) is -0.679. The maximum absolute atomic E-state index is 13.8. The fraction of sp³-hybridized carbons (Fsp3) is 0.154. The van der Waals surface area contributed by atoms with Gasteiger partial charge < -0.3 is 4.74 Å². The van der Waals surface area contributed by atoms with E-state index in [4.69, 9.17) is 4.74 Å². The van der Waals surface area contributed by atoms with Crippen LogP contribution in [0.25, 0.3) is 0 Å². The molecule has 3 atom stereocenters. The van der Waals surface area contributed by atoms with Gasteiger partial charge in [-0.2, -0.15) is 0 Å². The molecule has 34 heavy (non-hydrogen) atoms. The first-order chi connectivity index (χ1) is 16.4. The molecule has 2 saturated heterocycles. The Labute approximate surface area is 211 Å². The monoisotopic (exact) mass is 579 g/mol. The Kier molecular flexibility index (Phi) is 4.78. The molecular formula is C26H15Br2NO5. The molecule has 2 heterocycles. The Morgan fingerprint density at radius 1 is 0.735 bits per heavy atom. The van der Waals surface area contributed by atoms with Crippen LogP contribution in [0.5, 0.6) is 0 Å². The fourth-order valence-corrected chi connectivity index (χ4v) is 6.12. The predicted molar refractivity (Wildman–Crippen MR) is 129 cm³/mol. The number of hydrogen-bond acceptors (Lipinski definition) is 5. The molecule has 3 unspecified atom stereocenters. The van der Waals surface area contributed by atoms with Crippen LogP contribution in [0, 0.1) is 11.8 Å². The largest absolute Gasteiger partial charge is 0.349 e. The zero-order valence-electron chi connectivity index (χ0n) is 17.4. The molecule has 3 aromatic rings. The van der Waals surface area contributed by atoms with E-state index in [9.17, 15) is 19.2 Å². The van der Waals surface area contributed by atoms with Crippen molar-refractivity contribution in [2.45, 2.75) is 11.7 Å². The highest BCUT2D eigenvalue weighted by Crippen LogP contribution is 2.58. The van der Waals surface area contributed by atoms with E-state index in [1.165, 1.54) is 0 Å². The van der Waals surface area contributed by atoms with E-state index in [0.717, 1.165) is 9.37 Å². The van der Waals surface area contributed by atoms with E-state index in [2.05, 4.69) is 31.9 Å². The van der Waals surface area contributed by atoms with E-state index in [-0.39, 0.29) is 11.1 Å². The maximum atomic E-state index is 13.8. The van der Waals surface area contributed by atoms with E-state index in [1.54, 1.807) is 66.7 Å². The number of carbonyl (C=O) groups is 4. The summed E-state index contributed by atoms with van der Waals surface area (Å²) in [7, 11) is 0. The smallest absolute Gasteiger partial charge is 0.241 e. The van der Waals surface area contributed by atoms with Gasteiger partial charge in [0.1, 0.15) is 0 Å². The van der Waals surface area contributed by atoms with Gasteiger partial charge >= 0.3 is 0 Å². The number of carbonyl (C=O) groups excluding carboxylic acids is 4. The Bertz CT molecular complexity index is 1380. The Morgan fingerprint density at radius 2 is 1.32 bits per heavy atom. The average Bonchev–Trinajstić information content (AvgIpc) is 3.40. The first-order valence-corrected chi connectivity index (χ1v) is 12.2. The molecule has 168 valence electrons. The molecule has 3 aliphatic rings. The normalized spacial score (nSPS) is 24.8. The summed E-state index contributed by atoms with van der Waals surface area (Å²) in [5.74, 6) is -4.55. The van der Waals surface area contributed by atoms with Gasteiger partial charge in [-0.05, 0) is 35.9 Å². The molecule has 1 spiro atoms. The van der Waals surface area contributed by atoms with Gasteiger partial charge in [0.25, 0.3) is 0 Å². The van der Waals surface area contributed by atoms with E-state index < -0.39 is 46.9 Å².